The molecule has 1 amide bonds. The van der Waals surface area contributed by atoms with Crippen molar-refractivity contribution >= 4 is 5.91 Å². The molecule has 0 bridgehead atoms. The van der Waals surface area contributed by atoms with Crippen molar-refractivity contribution in [2.45, 2.75) is 58.6 Å². The molecule has 0 radical (unpaired) electrons. The minimum atomic E-state index is 0.107. The van der Waals surface area contributed by atoms with Gasteiger partial charge in [0, 0.05) is 19.2 Å². The van der Waals surface area contributed by atoms with Crippen molar-refractivity contribution in [1.29, 1.82) is 0 Å². The van der Waals surface area contributed by atoms with Crippen LogP contribution in [0.4, 0.5) is 0 Å². The molecule has 106 valence electrons. The van der Waals surface area contributed by atoms with Gasteiger partial charge in [0.2, 0.25) is 5.91 Å². The number of nitrogens with one attached hydrogen (secondary N) is 2. The summed E-state index contributed by atoms with van der Waals surface area (Å²) in [5.41, 5.74) is 0. The van der Waals surface area contributed by atoms with E-state index in [-0.39, 0.29) is 5.91 Å². The molecule has 0 aromatic rings. The Balaban J connectivity index is 2.15. The van der Waals surface area contributed by atoms with Crippen LogP contribution in [-0.4, -0.2) is 37.7 Å². The molecule has 1 aliphatic heterocycles. The molecule has 1 saturated heterocycles. The van der Waals surface area contributed by atoms with Crippen molar-refractivity contribution < 1.29 is 9.53 Å². The highest BCUT2D eigenvalue weighted by Gasteiger charge is 2.26. The zero-order valence-corrected chi connectivity index (χ0v) is 12.0. The molecule has 18 heavy (non-hydrogen) atoms. The normalized spacial score (nSPS) is 23.6. The first kappa shape index (κ1) is 15.4. The van der Waals surface area contributed by atoms with Crippen LogP contribution in [0, 0.1) is 5.92 Å². The number of amides is 1. The van der Waals surface area contributed by atoms with Gasteiger partial charge >= 0.3 is 0 Å². The SMILES string of the molecule is CCC(CC)NC(=O)CNCC1CCOC1CC. The number of hydrogen-bond acceptors (Lipinski definition) is 3. The Kier molecular flexibility index (Phi) is 7.28. The lowest BCUT2D eigenvalue weighted by Crippen LogP contribution is -2.41. The van der Waals surface area contributed by atoms with Crippen LogP contribution in [0.5, 0.6) is 0 Å². The van der Waals surface area contributed by atoms with Gasteiger partial charge in [-0.1, -0.05) is 20.8 Å². The third-order valence-corrected chi connectivity index (χ3v) is 3.79. The number of rotatable bonds is 8. The quantitative estimate of drug-likeness (QED) is 0.695. The lowest BCUT2D eigenvalue weighted by molar-refractivity contribution is -0.121. The highest BCUT2D eigenvalue weighted by Crippen LogP contribution is 2.22. The number of carbonyl (C=O) groups excluding carboxylic acids is 1. The molecular weight excluding hydrogens is 228 g/mol. The first-order valence-corrected chi connectivity index (χ1v) is 7.32. The number of hydrogen-bond donors (Lipinski definition) is 2. The fraction of sp³-hybridized carbons (Fsp3) is 0.929. The van der Waals surface area contributed by atoms with Crippen molar-refractivity contribution in [2.75, 3.05) is 19.7 Å². The Morgan fingerprint density at radius 2 is 2.06 bits per heavy atom. The van der Waals surface area contributed by atoms with E-state index in [0.717, 1.165) is 38.8 Å². The molecule has 2 unspecified atom stereocenters. The van der Waals surface area contributed by atoms with E-state index in [1.54, 1.807) is 0 Å². The van der Waals surface area contributed by atoms with E-state index in [1.807, 2.05) is 0 Å². The number of ether oxygens (including phenoxy) is 1. The van der Waals surface area contributed by atoms with Gasteiger partial charge < -0.3 is 15.4 Å². The Morgan fingerprint density at radius 3 is 2.67 bits per heavy atom. The highest BCUT2D eigenvalue weighted by atomic mass is 16.5. The van der Waals surface area contributed by atoms with Crippen LogP contribution < -0.4 is 10.6 Å². The monoisotopic (exact) mass is 256 g/mol. The second kappa shape index (κ2) is 8.48. The maximum Gasteiger partial charge on any atom is 0.234 e. The molecule has 1 fully saturated rings. The highest BCUT2D eigenvalue weighted by molar-refractivity contribution is 5.78. The van der Waals surface area contributed by atoms with Gasteiger partial charge in [-0.05, 0) is 31.6 Å². The second-order valence-electron chi connectivity index (χ2n) is 5.08. The van der Waals surface area contributed by atoms with Crippen LogP contribution in [0.3, 0.4) is 0 Å². The van der Waals surface area contributed by atoms with Crippen molar-refractivity contribution in [3.8, 4) is 0 Å². The maximum atomic E-state index is 11.7. The van der Waals surface area contributed by atoms with E-state index in [4.69, 9.17) is 4.74 Å². The molecule has 2 N–H and O–H groups in total. The van der Waals surface area contributed by atoms with E-state index in [9.17, 15) is 4.79 Å². The van der Waals surface area contributed by atoms with Gasteiger partial charge in [-0.15, -0.1) is 0 Å². The van der Waals surface area contributed by atoms with Crippen LogP contribution >= 0.6 is 0 Å². The summed E-state index contributed by atoms with van der Waals surface area (Å²) < 4.78 is 5.63. The van der Waals surface area contributed by atoms with Gasteiger partial charge in [0.15, 0.2) is 0 Å². The van der Waals surface area contributed by atoms with Crippen LogP contribution in [-0.2, 0) is 9.53 Å². The van der Waals surface area contributed by atoms with E-state index >= 15 is 0 Å². The smallest absolute Gasteiger partial charge is 0.234 e. The molecule has 0 aromatic carbocycles. The summed E-state index contributed by atoms with van der Waals surface area (Å²) in [7, 11) is 0. The molecule has 0 aliphatic carbocycles. The van der Waals surface area contributed by atoms with E-state index in [0.29, 0.717) is 24.6 Å². The van der Waals surface area contributed by atoms with Crippen LogP contribution in [0.25, 0.3) is 0 Å². The minimum absolute atomic E-state index is 0.107. The molecule has 1 aliphatic rings. The van der Waals surface area contributed by atoms with E-state index < -0.39 is 0 Å². The van der Waals surface area contributed by atoms with E-state index in [1.165, 1.54) is 0 Å². The molecule has 1 heterocycles. The van der Waals surface area contributed by atoms with Gasteiger partial charge in [0.1, 0.15) is 0 Å². The van der Waals surface area contributed by atoms with Crippen molar-refractivity contribution in [2.24, 2.45) is 5.92 Å². The largest absolute Gasteiger partial charge is 0.378 e. The van der Waals surface area contributed by atoms with Gasteiger partial charge in [-0.25, -0.2) is 0 Å². The average molecular weight is 256 g/mol. The molecular formula is C14H28N2O2. The summed E-state index contributed by atoms with van der Waals surface area (Å²) in [6.45, 7) is 8.53. The lowest BCUT2D eigenvalue weighted by Gasteiger charge is -2.18. The zero-order chi connectivity index (χ0) is 13.4. The first-order chi connectivity index (χ1) is 8.71. The van der Waals surface area contributed by atoms with Gasteiger partial charge in [0.05, 0.1) is 12.6 Å². The second-order valence-corrected chi connectivity index (χ2v) is 5.08. The summed E-state index contributed by atoms with van der Waals surface area (Å²) in [6, 6.07) is 0.317. The molecule has 2 atom stereocenters. The fourth-order valence-electron chi connectivity index (χ4n) is 2.52. The van der Waals surface area contributed by atoms with Crippen molar-refractivity contribution in [1.82, 2.24) is 10.6 Å². The Hall–Kier alpha value is -0.610. The predicted molar refractivity (Wildman–Crippen MR) is 73.5 cm³/mol. The standard InChI is InChI=1S/C14H28N2O2/c1-4-12(5-2)16-14(17)10-15-9-11-7-8-18-13(11)6-3/h11-13,15H,4-10H2,1-3H3,(H,16,17). The molecule has 0 aromatic heterocycles. The van der Waals surface area contributed by atoms with Crippen molar-refractivity contribution in [3.05, 3.63) is 0 Å². The van der Waals surface area contributed by atoms with Gasteiger partial charge in [-0.3, -0.25) is 4.79 Å². The Morgan fingerprint density at radius 1 is 1.33 bits per heavy atom. The molecule has 0 spiro atoms. The summed E-state index contributed by atoms with van der Waals surface area (Å²) in [5, 5.41) is 6.29. The fourth-order valence-corrected chi connectivity index (χ4v) is 2.52. The zero-order valence-electron chi connectivity index (χ0n) is 12.0. The third-order valence-electron chi connectivity index (χ3n) is 3.79. The van der Waals surface area contributed by atoms with Crippen LogP contribution in [0.15, 0.2) is 0 Å². The lowest BCUT2D eigenvalue weighted by atomic mass is 10.00. The summed E-state index contributed by atoms with van der Waals surface area (Å²) in [4.78, 5) is 11.7. The van der Waals surface area contributed by atoms with E-state index in [2.05, 4.69) is 31.4 Å². The predicted octanol–water partition coefficient (Wildman–Crippen LogP) is 1.70. The molecule has 1 rings (SSSR count). The van der Waals surface area contributed by atoms with Crippen LogP contribution in [0.2, 0.25) is 0 Å². The topological polar surface area (TPSA) is 50.4 Å². The first-order valence-electron chi connectivity index (χ1n) is 7.32. The van der Waals surface area contributed by atoms with Crippen molar-refractivity contribution in [3.63, 3.8) is 0 Å². The Labute approximate surface area is 111 Å². The maximum absolute atomic E-state index is 11.7. The number of carbonyl (C=O) groups is 1. The third kappa shape index (κ3) is 4.94. The van der Waals surface area contributed by atoms with Gasteiger partial charge in [-0.2, -0.15) is 0 Å². The molecule has 0 saturated carbocycles. The summed E-state index contributed by atoms with van der Waals surface area (Å²) in [5.74, 6) is 0.673. The molecule has 4 nitrogen and oxygen atoms in total. The van der Waals surface area contributed by atoms with Crippen LogP contribution in [0.1, 0.15) is 46.5 Å². The summed E-state index contributed by atoms with van der Waals surface area (Å²) in [6.07, 6.45) is 4.54. The molecule has 4 heteroatoms. The average Bonchev–Trinajstić information content (AvgIpc) is 2.83. The van der Waals surface area contributed by atoms with Gasteiger partial charge in [0.25, 0.3) is 0 Å². The minimum Gasteiger partial charge on any atom is -0.378 e. The Bertz CT molecular complexity index is 242. The summed E-state index contributed by atoms with van der Waals surface area (Å²) >= 11 is 0.